The largest absolute Gasteiger partial charge is 0.497 e. The van der Waals surface area contributed by atoms with Crippen LogP contribution in [0.2, 0.25) is 0 Å². The summed E-state index contributed by atoms with van der Waals surface area (Å²) in [6.45, 7) is 0. The minimum Gasteiger partial charge on any atom is -0.497 e. The highest BCUT2D eigenvalue weighted by molar-refractivity contribution is 8.04. The van der Waals surface area contributed by atoms with Crippen molar-refractivity contribution in [2.24, 2.45) is 10.9 Å². The van der Waals surface area contributed by atoms with Crippen LogP contribution in [0, 0.1) is 5.92 Å². The molecule has 0 radical (unpaired) electrons. The Kier molecular flexibility index (Phi) is 3.27. The molecule has 2 aromatic rings. The van der Waals surface area contributed by atoms with Gasteiger partial charge in [0.2, 0.25) is 0 Å². The number of aliphatic imine (C=N–C) groups is 1. The Morgan fingerprint density at radius 3 is 2.65 bits per heavy atom. The van der Waals surface area contributed by atoms with Crippen LogP contribution in [-0.2, 0) is 0 Å². The van der Waals surface area contributed by atoms with E-state index in [0.29, 0.717) is 22.4 Å². The number of rotatable bonds is 1. The summed E-state index contributed by atoms with van der Waals surface area (Å²) in [4.78, 5) is 32.6. The summed E-state index contributed by atoms with van der Waals surface area (Å²) in [5.41, 5.74) is 2.93. The van der Waals surface area contributed by atoms with Crippen LogP contribution in [0.15, 0.2) is 75.0 Å². The number of thioether (sulfide) groups is 1. The first kappa shape index (κ1) is 15.3. The predicted molar refractivity (Wildman–Crippen MR) is 101 cm³/mol. The highest BCUT2D eigenvalue weighted by Gasteiger charge is 2.43. The van der Waals surface area contributed by atoms with E-state index in [1.165, 1.54) is 0 Å². The minimum absolute atomic E-state index is 0.0617. The van der Waals surface area contributed by atoms with Crippen molar-refractivity contribution in [2.45, 2.75) is 4.90 Å². The first-order valence-corrected chi connectivity index (χ1v) is 9.03. The molecule has 1 unspecified atom stereocenters. The number of hydrogen-bond acceptors (Lipinski definition) is 5. The van der Waals surface area contributed by atoms with Crippen molar-refractivity contribution in [1.82, 2.24) is 0 Å². The summed E-state index contributed by atoms with van der Waals surface area (Å²) in [7, 11) is 1.63. The Bertz CT molecular complexity index is 1090. The molecule has 0 aromatic heterocycles. The van der Waals surface area contributed by atoms with Gasteiger partial charge >= 0.3 is 0 Å². The number of hydrogen-bond donors (Lipinski definition) is 0. The molecule has 0 N–H and O–H groups in total. The molecule has 0 amide bonds. The quantitative estimate of drug-likeness (QED) is 0.758. The lowest BCUT2D eigenvalue weighted by molar-refractivity contribution is 0.0911. The predicted octanol–water partition coefficient (Wildman–Crippen LogP) is 4.39. The molecule has 4 nitrogen and oxygen atoms in total. The number of nitrogens with zero attached hydrogens (tertiary/aromatic N) is 1. The molecule has 126 valence electrons. The fourth-order valence-corrected chi connectivity index (χ4v) is 4.60. The van der Waals surface area contributed by atoms with Crippen molar-refractivity contribution in [3.05, 3.63) is 76.2 Å². The van der Waals surface area contributed by atoms with Gasteiger partial charge in [0.05, 0.1) is 24.4 Å². The molecule has 5 rings (SSSR count). The van der Waals surface area contributed by atoms with Gasteiger partial charge in [-0.25, -0.2) is 4.99 Å². The van der Waals surface area contributed by atoms with E-state index >= 15 is 0 Å². The molecule has 2 aromatic carbocycles. The third kappa shape index (κ3) is 2.07. The van der Waals surface area contributed by atoms with Gasteiger partial charge in [-0.1, -0.05) is 42.1 Å². The average Bonchev–Trinajstić information content (AvgIpc) is 2.69. The smallest absolute Gasteiger partial charge is 0.190 e. The Hall–Kier alpha value is -2.92. The summed E-state index contributed by atoms with van der Waals surface area (Å²) >= 11 is 1.55. The number of benzene rings is 2. The highest BCUT2D eigenvalue weighted by atomic mass is 32.2. The zero-order valence-corrected chi connectivity index (χ0v) is 14.7. The number of methoxy groups -OCH3 is 1. The van der Waals surface area contributed by atoms with E-state index in [0.717, 1.165) is 21.2 Å². The van der Waals surface area contributed by atoms with Crippen LogP contribution in [0.5, 0.6) is 5.75 Å². The average molecular weight is 359 g/mol. The van der Waals surface area contributed by atoms with Gasteiger partial charge in [-0.15, -0.1) is 0 Å². The van der Waals surface area contributed by atoms with E-state index in [1.807, 2.05) is 24.3 Å². The van der Waals surface area contributed by atoms with E-state index in [1.54, 1.807) is 49.2 Å². The standard InChI is InChI=1S/C21H13NO3S/c1-25-11-6-8-15-17(10-11)26-16-9-7-14-18(19(16)22-15)21(24)13-5-3-2-4-12(13)20(14)23/h2-10,18H,1H3. The number of carbonyl (C=O) groups is 2. The maximum absolute atomic E-state index is 13.1. The Labute approximate surface area is 154 Å². The molecular weight excluding hydrogens is 346 g/mol. The summed E-state index contributed by atoms with van der Waals surface area (Å²) in [5, 5.41) is 0. The monoisotopic (exact) mass is 359 g/mol. The van der Waals surface area contributed by atoms with Crippen LogP contribution in [0.3, 0.4) is 0 Å². The third-order valence-electron chi connectivity index (χ3n) is 4.84. The topological polar surface area (TPSA) is 55.7 Å². The van der Waals surface area contributed by atoms with E-state index in [9.17, 15) is 9.59 Å². The van der Waals surface area contributed by atoms with Gasteiger partial charge in [0.25, 0.3) is 0 Å². The first-order valence-electron chi connectivity index (χ1n) is 8.22. The number of allylic oxidation sites excluding steroid dienone is 4. The molecule has 1 aliphatic heterocycles. The zero-order valence-electron chi connectivity index (χ0n) is 13.9. The van der Waals surface area contributed by atoms with Crippen LogP contribution >= 0.6 is 11.8 Å². The normalized spacial score (nSPS) is 20.0. The zero-order chi connectivity index (χ0) is 17.8. The fourth-order valence-electron chi connectivity index (χ4n) is 3.57. The minimum atomic E-state index is -0.625. The van der Waals surface area contributed by atoms with Crippen LogP contribution in [0.25, 0.3) is 0 Å². The van der Waals surface area contributed by atoms with Gasteiger partial charge in [0, 0.05) is 26.5 Å². The van der Waals surface area contributed by atoms with Gasteiger partial charge < -0.3 is 4.74 Å². The number of ketones is 2. The lowest BCUT2D eigenvalue weighted by Gasteiger charge is -2.31. The molecule has 3 aliphatic rings. The number of Topliss-reactive ketones (excluding diaryl/α,β-unsaturated/α-hetero) is 2. The van der Waals surface area contributed by atoms with Gasteiger partial charge in [0.1, 0.15) is 5.75 Å². The molecule has 0 spiro atoms. The van der Waals surface area contributed by atoms with Gasteiger partial charge in [0.15, 0.2) is 11.6 Å². The number of fused-ring (bicyclic) bond motifs is 5. The van der Waals surface area contributed by atoms with Crippen LogP contribution in [-0.4, -0.2) is 24.4 Å². The molecule has 1 atom stereocenters. The van der Waals surface area contributed by atoms with Crippen LogP contribution < -0.4 is 4.74 Å². The lowest BCUT2D eigenvalue weighted by atomic mass is 9.74. The maximum atomic E-state index is 13.1. The second-order valence-electron chi connectivity index (χ2n) is 6.26. The maximum Gasteiger partial charge on any atom is 0.190 e. The number of ether oxygens (including phenoxy) is 1. The lowest BCUT2D eigenvalue weighted by Crippen LogP contribution is -2.37. The molecule has 26 heavy (non-hydrogen) atoms. The van der Waals surface area contributed by atoms with E-state index in [2.05, 4.69) is 0 Å². The second kappa shape index (κ2) is 5.54. The fraction of sp³-hybridized carbons (Fsp3) is 0.0952. The van der Waals surface area contributed by atoms with E-state index in [4.69, 9.17) is 9.73 Å². The molecule has 0 bridgehead atoms. The van der Waals surface area contributed by atoms with Gasteiger partial charge in [-0.05, 0) is 24.3 Å². The number of carbonyl (C=O) groups excluding carboxylic acids is 2. The Morgan fingerprint density at radius 2 is 1.85 bits per heavy atom. The van der Waals surface area contributed by atoms with Crippen molar-refractivity contribution in [2.75, 3.05) is 7.11 Å². The molecule has 0 fully saturated rings. The summed E-state index contributed by atoms with van der Waals surface area (Å²) < 4.78 is 5.28. The molecule has 1 heterocycles. The third-order valence-corrected chi connectivity index (χ3v) is 5.95. The van der Waals surface area contributed by atoms with Gasteiger partial charge in [-0.2, -0.15) is 0 Å². The Morgan fingerprint density at radius 1 is 1.04 bits per heavy atom. The van der Waals surface area contributed by atoms with Gasteiger partial charge in [-0.3, -0.25) is 9.59 Å². The summed E-state index contributed by atoms with van der Waals surface area (Å²) in [6, 6.07) is 12.7. The summed E-state index contributed by atoms with van der Waals surface area (Å²) in [6.07, 6.45) is 3.66. The van der Waals surface area contributed by atoms with Crippen molar-refractivity contribution < 1.29 is 14.3 Å². The molecular formula is C21H13NO3S. The molecule has 0 saturated heterocycles. The van der Waals surface area contributed by atoms with Crippen molar-refractivity contribution in [1.29, 1.82) is 0 Å². The molecule has 2 aliphatic carbocycles. The van der Waals surface area contributed by atoms with Crippen molar-refractivity contribution in [3.63, 3.8) is 0 Å². The highest BCUT2D eigenvalue weighted by Crippen LogP contribution is 2.47. The summed E-state index contributed by atoms with van der Waals surface area (Å²) in [5.74, 6) is -0.0115. The SMILES string of the molecule is COc1ccc2c(c1)SC1=CC=C3C(=O)c4ccccc4C(=O)C3C1=N2. The van der Waals surface area contributed by atoms with Crippen molar-refractivity contribution in [3.8, 4) is 5.75 Å². The Balaban J connectivity index is 1.68. The van der Waals surface area contributed by atoms with Crippen molar-refractivity contribution >= 4 is 34.7 Å². The first-order chi connectivity index (χ1) is 12.7. The van der Waals surface area contributed by atoms with Crippen LogP contribution in [0.1, 0.15) is 20.7 Å². The molecule has 0 saturated carbocycles. The van der Waals surface area contributed by atoms with E-state index in [-0.39, 0.29) is 11.6 Å². The molecule has 5 heteroatoms. The second-order valence-corrected chi connectivity index (χ2v) is 7.34. The van der Waals surface area contributed by atoms with Crippen LogP contribution in [0.4, 0.5) is 5.69 Å². The van der Waals surface area contributed by atoms with E-state index < -0.39 is 5.92 Å².